The van der Waals surface area contributed by atoms with Gasteiger partial charge in [0, 0.05) is 0 Å². The van der Waals surface area contributed by atoms with Crippen LogP contribution in [-0.4, -0.2) is 43.4 Å². The molecule has 2 unspecified atom stereocenters. The molecule has 0 radical (unpaired) electrons. The zero-order valence-corrected chi connectivity index (χ0v) is 23.0. The third kappa shape index (κ3) is 6.14. The van der Waals surface area contributed by atoms with Crippen molar-refractivity contribution in [1.29, 1.82) is 0 Å². The minimum absolute atomic E-state index is 0.0277. The van der Waals surface area contributed by atoms with Crippen LogP contribution in [-0.2, 0) is 19.6 Å². The summed E-state index contributed by atoms with van der Waals surface area (Å²) in [6.07, 6.45) is -0.817. The molecule has 5 atom stereocenters. The Morgan fingerprint density at radius 3 is 2.18 bits per heavy atom. The van der Waals surface area contributed by atoms with E-state index in [0.717, 1.165) is 16.3 Å². The number of aliphatic hydroxyl groups is 1. The maximum Gasteiger partial charge on any atom is 0.241 e. The van der Waals surface area contributed by atoms with Crippen molar-refractivity contribution < 1.29 is 23.1 Å². The number of hydrogen-bond donors (Lipinski definition) is 3. The van der Waals surface area contributed by atoms with Crippen LogP contribution < -0.4 is 10.0 Å². The van der Waals surface area contributed by atoms with E-state index in [1.165, 1.54) is 6.07 Å². The van der Waals surface area contributed by atoms with Gasteiger partial charge in [0.05, 0.1) is 28.9 Å². The van der Waals surface area contributed by atoms with Gasteiger partial charge in [0.15, 0.2) is 0 Å². The highest BCUT2D eigenvalue weighted by molar-refractivity contribution is 7.89. The number of nitrogens with one attached hydrogen (secondary N) is 2. The molecule has 38 heavy (non-hydrogen) atoms. The Labute approximate surface area is 224 Å². The summed E-state index contributed by atoms with van der Waals surface area (Å²) in [4.78, 5) is 26.2. The molecule has 7 nitrogen and oxygen atoms in total. The number of amides is 1. The molecular formula is C30H36N2O5S. The van der Waals surface area contributed by atoms with Crippen LogP contribution in [0, 0.1) is 17.8 Å². The first-order valence-corrected chi connectivity index (χ1v) is 14.6. The van der Waals surface area contributed by atoms with Crippen LogP contribution in [0.1, 0.15) is 45.6 Å². The summed E-state index contributed by atoms with van der Waals surface area (Å²) in [5.74, 6) is -1.75. The zero-order valence-electron chi connectivity index (χ0n) is 22.2. The van der Waals surface area contributed by atoms with E-state index in [1.807, 2.05) is 82.3 Å². The van der Waals surface area contributed by atoms with Gasteiger partial charge in [0.2, 0.25) is 15.9 Å². The molecule has 0 aromatic heterocycles. The average molecular weight is 537 g/mol. The molecule has 1 amide bonds. The van der Waals surface area contributed by atoms with Crippen LogP contribution in [0.2, 0.25) is 0 Å². The molecule has 8 heteroatoms. The van der Waals surface area contributed by atoms with E-state index >= 15 is 0 Å². The Kier molecular flexibility index (Phi) is 8.35. The molecule has 4 rings (SSSR count). The SMILES string of the molecule is CC(C)C[C@H](NS(=O)(=O)c1ccc2ccccc2c1)C(=O)N[C@@H](C(C)C)[C@@H](O)C1C(=O)C1c1ccccc1. The molecule has 1 aliphatic carbocycles. The summed E-state index contributed by atoms with van der Waals surface area (Å²) in [7, 11) is -4.00. The molecule has 0 heterocycles. The number of hydrogen-bond acceptors (Lipinski definition) is 5. The van der Waals surface area contributed by atoms with Gasteiger partial charge >= 0.3 is 0 Å². The Bertz CT molecular complexity index is 1400. The molecule has 0 spiro atoms. The van der Waals surface area contributed by atoms with Gasteiger partial charge in [0.1, 0.15) is 11.8 Å². The van der Waals surface area contributed by atoms with Crippen molar-refractivity contribution in [1.82, 2.24) is 10.0 Å². The predicted octanol–water partition coefficient (Wildman–Crippen LogP) is 4.02. The highest BCUT2D eigenvalue weighted by Gasteiger charge is 2.56. The normalized spacial score (nSPS) is 19.9. The Balaban J connectivity index is 1.52. The number of aliphatic hydroxyl groups excluding tert-OH is 1. The third-order valence-corrected chi connectivity index (χ3v) is 8.63. The van der Waals surface area contributed by atoms with Crippen LogP contribution >= 0.6 is 0 Å². The molecule has 0 aliphatic heterocycles. The average Bonchev–Trinajstić information content (AvgIpc) is 3.56. The summed E-state index contributed by atoms with van der Waals surface area (Å²) < 4.78 is 29.2. The molecule has 0 bridgehead atoms. The number of benzene rings is 3. The lowest BCUT2D eigenvalue weighted by Gasteiger charge is -2.30. The Hall–Kier alpha value is -3.07. The molecular weight excluding hydrogens is 500 g/mol. The minimum atomic E-state index is -4.00. The van der Waals surface area contributed by atoms with Crippen molar-refractivity contribution in [3.63, 3.8) is 0 Å². The zero-order chi connectivity index (χ0) is 27.6. The first kappa shape index (κ1) is 28.0. The monoisotopic (exact) mass is 536 g/mol. The van der Waals surface area contributed by atoms with E-state index in [-0.39, 0.29) is 28.9 Å². The van der Waals surface area contributed by atoms with E-state index in [2.05, 4.69) is 10.0 Å². The van der Waals surface area contributed by atoms with Crippen LogP contribution in [0.3, 0.4) is 0 Å². The van der Waals surface area contributed by atoms with Gasteiger partial charge < -0.3 is 10.4 Å². The maximum absolute atomic E-state index is 13.5. The number of Topliss-reactive ketones (excluding diaryl/α,β-unsaturated/α-hetero) is 1. The third-order valence-electron chi connectivity index (χ3n) is 7.16. The molecule has 0 saturated heterocycles. The van der Waals surface area contributed by atoms with Crippen molar-refractivity contribution >= 4 is 32.5 Å². The number of carbonyl (C=O) groups is 2. The van der Waals surface area contributed by atoms with Gasteiger partial charge in [-0.15, -0.1) is 0 Å². The van der Waals surface area contributed by atoms with E-state index in [1.54, 1.807) is 12.1 Å². The summed E-state index contributed by atoms with van der Waals surface area (Å²) in [5, 5.41) is 15.7. The summed E-state index contributed by atoms with van der Waals surface area (Å²) >= 11 is 0. The second-order valence-corrected chi connectivity index (χ2v) is 12.6. The lowest BCUT2D eigenvalue weighted by molar-refractivity contribution is -0.125. The molecule has 1 fully saturated rings. The number of carbonyl (C=O) groups excluding carboxylic acids is 2. The second kappa shape index (κ2) is 11.4. The summed E-state index contributed by atoms with van der Waals surface area (Å²) in [6.45, 7) is 7.53. The highest BCUT2D eigenvalue weighted by atomic mass is 32.2. The second-order valence-electron chi connectivity index (χ2n) is 10.9. The van der Waals surface area contributed by atoms with Crippen molar-refractivity contribution in [3.8, 4) is 0 Å². The van der Waals surface area contributed by atoms with Gasteiger partial charge in [-0.2, -0.15) is 4.72 Å². The minimum Gasteiger partial charge on any atom is -0.390 e. The number of fused-ring (bicyclic) bond motifs is 1. The topological polar surface area (TPSA) is 113 Å². The standard InChI is InChI=1S/C30H36N2O5S/c1-18(2)16-24(32-38(36,37)23-15-14-20-10-8-9-13-22(20)17-23)30(35)31-27(19(3)4)29(34)26-25(28(26)33)21-11-6-5-7-12-21/h5-15,17-19,24-27,29,32,34H,16H2,1-4H3,(H,31,35)/t24-,25?,26?,27-,29-/m0/s1. The van der Waals surface area contributed by atoms with E-state index in [0.29, 0.717) is 0 Å². The maximum atomic E-state index is 13.5. The van der Waals surface area contributed by atoms with Gasteiger partial charge in [-0.25, -0.2) is 8.42 Å². The van der Waals surface area contributed by atoms with Crippen LogP contribution in [0.25, 0.3) is 10.8 Å². The first-order chi connectivity index (χ1) is 18.0. The highest BCUT2D eigenvalue weighted by Crippen LogP contribution is 2.46. The lowest BCUT2D eigenvalue weighted by Crippen LogP contribution is -2.55. The van der Waals surface area contributed by atoms with Gasteiger partial charge in [-0.1, -0.05) is 88.4 Å². The predicted molar refractivity (Wildman–Crippen MR) is 148 cm³/mol. The fourth-order valence-corrected chi connectivity index (χ4v) is 6.30. The van der Waals surface area contributed by atoms with Crippen LogP contribution in [0.4, 0.5) is 0 Å². The smallest absolute Gasteiger partial charge is 0.241 e. The first-order valence-electron chi connectivity index (χ1n) is 13.1. The molecule has 202 valence electrons. The quantitative estimate of drug-likeness (QED) is 0.343. The van der Waals surface area contributed by atoms with E-state index in [4.69, 9.17) is 0 Å². The van der Waals surface area contributed by atoms with Crippen LogP contribution in [0.15, 0.2) is 77.7 Å². The van der Waals surface area contributed by atoms with Crippen molar-refractivity contribution in [2.75, 3.05) is 0 Å². The molecule has 3 aromatic carbocycles. The van der Waals surface area contributed by atoms with E-state index < -0.39 is 46.0 Å². The van der Waals surface area contributed by atoms with Crippen molar-refractivity contribution in [3.05, 3.63) is 78.4 Å². The Morgan fingerprint density at radius 2 is 1.55 bits per heavy atom. The van der Waals surface area contributed by atoms with Crippen LogP contribution in [0.5, 0.6) is 0 Å². The van der Waals surface area contributed by atoms with E-state index in [9.17, 15) is 23.1 Å². The number of ketones is 1. The Morgan fingerprint density at radius 1 is 0.921 bits per heavy atom. The summed E-state index contributed by atoms with van der Waals surface area (Å²) in [6, 6.07) is 19.8. The fraction of sp³-hybridized carbons (Fsp3) is 0.400. The van der Waals surface area contributed by atoms with Crippen molar-refractivity contribution in [2.45, 2.75) is 63.1 Å². The molecule has 3 N–H and O–H groups in total. The van der Waals surface area contributed by atoms with Crippen molar-refractivity contribution in [2.24, 2.45) is 17.8 Å². The fourth-order valence-electron chi connectivity index (χ4n) is 5.06. The molecule has 3 aromatic rings. The largest absolute Gasteiger partial charge is 0.390 e. The summed E-state index contributed by atoms with van der Waals surface area (Å²) in [5.41, 5.74) is 0.844. The van der Waals surface area contributed by atoms with Gasteiger partial charge in [-0.05, 0) is 46.7 Å². The lowest BCUT2D eigenvalue weighted by atomic mass is 9.92. The number of rotatable bonds is 11. The molecule has 1 saturated carbocycles. The van der Waals surface area contributed by atoms with Gasteiger partial charge in [-0.3, -0.25) is 9.59 Å². The molecule has 1 aliphatic rings. The number of sulfonamides is 1. The van der Waals surface area contributed by atoms with Gasteiger partial charge in [0.25, 0.3) is 0 Å².